The summed E-state index contributed by atoms with van der Waals surface area (Å²) in [5, 5.41) is 15.4. The number of ether oxygens (including phenoxy) is 1. The first-order valence-electron chi connectivity index (χ1n) is 8.63. The molecule has 0 aromatic carbocycles. The molecule has 3 N–H and O–H groups in total. The maximum Gasteiger partial charge on any atom is 0.361 e. The van der Waals surface area contributed by atoms with Gasteiger partial charge in [-0.2, -0.15) is 4.68 Å². The molecular formula is C15H24N7O3+. The van der Waals surface area contributed by atoms with E-state index in [1.807, 2.05) is 0 Å². The highest BCUT2D eigenvalue weighted by Crippen LogP contribution is 2.16. The largest absolute Gasteiger partial charge is 0.458 e. The van der Waals surface area contributed by atoms with Gasteiger partial charge in [-0.15, -0.1) is 5.10 Å². The van der Waals surface area contributed by atoms with Crippen molar-refractivity contribution in [3.63, 3.8) is 0 Å². The van der Waals surface area contributed by atoms with Gasteiger partial charge in [-0.05, 0) is 49.8 Å². The Kier molecular flexibility index (Phi) is 5.27. The van der Waals surface area contributed by atoms with Gasteiger partial charge in [0, 0.05) is 0 Å². The molecule has 0 saturated carbocycles. The number of esters is 1. The van der Waals surface area contributed by atoms with E-state index < -0.39 is 5.97 Å². The van der Waals surface area contributed by atoms with Gasteiger partial charge >= 0.3 is 5.97 Å². The monoisotopic (exact) mass is 350 g/mol. The van der Waals surface area contributed by atoms with Crippen LogP contribution in [0, 0.1) is 0 Å². The molecule has 2 aromatic heterocycles. The fraction of sp³-hybridized carbons (Fsp3) is 0.667. The SMILES string of the molecule is CC(C)OC(=O)c1nnn(-c2nonc2N)c1C[NH+]1CCCCCC1. The summed E-state index contributed by atoms with van der Waals surface area (Å²) >= 11 is 0. The number of nitrogen functional groups attached to an aromatic ring is 1. The molecule has 0 amide bonds. The summed E-state index contributed by atoms with van der Waals surface area (Å²) in [5.41, 5.74) is 6.59. The predicted octanol–water partition coefficient (Wildman–Crippen LogP) is -0.243. The maximum atomic E-state index is 12.4. The summed E-state index contributed by atoms with van der Waals surface area (Å²) in [5.74, 6) is -0.165. The van der Waals surface area contributed by atoms with Crippen molar-refractivity contribution in [1.29, 1.82) is 0 Å². The minimum absolute atomic E-state index is 0.0980. The van der Waals surface area contributed by atoms with Gasteiger partial charge in [-0.1, -0.05) is 5.21 Å². The van der Waals surface area contributed by atoms with Gasteiger partial charge in [0.25, 0.3) is 0 Å². The van der Waals surface area contributed by atoms with Gasteiger partial charge in [0.15, 0.2) is 5.69 Å². The third-order valence-corrected chi connectivity index (χ3v) is 4.22. The lowest BCUT2D eigenvalue weighted by Crippen LogP contribution is -3.10. The lowest BCUT2D eigenvalue weighted by atomic mass is 10.2. The molecule has 136 valence electrons. The molecule has 3 heterocycles. The molecular weight excluding hydrogens is 326 g/mol. The molecule has 3 rings (SSSR count). The van der Waals surface area contributed by atoms with E-state index in [-0.39, 0.29) is 23.4 Å². The highest BCUT2D eigenvalue weighted by Gasteiger charge is 2.28. The zero-order valence-corrected chi connectivity index (χ0v) is 14.6. The molecule has 0 bridgehead atoms. The van der Waals surface area contributed by atoms with Crippen molar-refractivity contribution in [2.75, 3.05) is 18.8 Å². The first kappa shape index (κ1) is 17.3. The van der Waals surface area contributed by atoms with E-state index in [1.165, 1.54) is 22.4 Å². The first-order chi connectivity index (χ1) is 12.1. The number of nitrogens with two attached hydrogens (primary N) is 1. The molecule has 25 heavy (non-hydrogen) atoms. The summed E-state index contributed by atoms with van der Waals surface area (Å²) in [7, 11) is 0. The van der Waals surface area contributed by atoms with Crippen LogP contribution in [0.4, 0.5) is 5.82 Å². The summed E-state index contributed by atoms with van der Waals surface area (Å²) in [6, 6.07) is 0. The second-order valence-corrected chi connectivity index (χ2v) is 6.56. The number of hydrogen-bond acceptors (Lipinski definition) is 8. The summed E-state index contributed by atoms with van der Waals surface area (Å²) in [6.45, 7) is 6.25. The van der Waals surface area contributed by atoms with E-state index >= 15 is 0 Å². The predicted molar refractivity (Wildman–Crippen MR) is 87.0 cm³/mol. The number of nitrogens with one attached hydrogen (secondary N) is 1. The van der Waals surface area contributed by atoms with Crippen LogP contribution in [0.1, 0.15) is 55.7 Å². The number of hydrogen-bond donors (Lipinski definition) is 2. The van der Waals surface area contributed by atoms with Crippen LogP contribution < -0.4 is 10.6 Å². The average Bonchev–Trinajstić information content (AvgIpc) is 3.05. The molecule has 0 unspecified atom stereocenters. The Morgan fingerprint density at radius 2 is 2.00 bits per heavy atom. The molecule has 2 aromatic rings. The number of anilines is 1. The Morgan fingerprint density at radius 1 is 1.28 bits per heavy atom. The van der Waals surface area contributed by atoms with E-state index in [9.17, 15) is 4.79 Å². The Hall–Kier alpha value is -2.49. The van der Waals surface area contributed by atoms with Gasteiger partial charge in [0.2, 0.25) is 11.6 Å². The molecule has 0 radical (unpaired) electrons. The third-order valence-electron chi connectivity index (χ3n) is 4.22. The van der Waals surface area contributed by atoms with Crippen molar-refractivity contribution in [3.8, 4) is 5.82 Å². The first-order valence-corrected chi connectivity index (χ1v) is 8.63. The number of aromatic nitrogens is 5. The van der Waals surface area contributed by atoms with Gasteiger partial charge in [0.05, 0.1) is 19.2 Å². The Morgan fingerprint density at radius 3 is 2.60 bits per heavy atom. The number of likely N-dealkylation sites (tertiary alicyclic amines) is 1. The molecule has 10 heteroatoms. The van der Waals surface area contributed by atoms with Crippen molar-refractivity contribution in [1.82, 2.24) is 25.3 Å². The van der Waals surface area contributed by atoms with Crippen molar-refractivity contribution in [3.05, 3.63) is 11.4 Å². The quantitative estimate of drug-likeness (QED) is 0.707. The van der Waals surface area contributed by atoms with Crippen LogP contribution >= 0.6 is 0 Å². The van der Waals surface area contributed by atoms with Crippen LogP contribution in [0.3, 0.4) is 0 Å². The van der Waals surface area contributed by atoms with Crippen molar-refractivity contribution >= 4 is 11.8 Å². The second kappa shape index (κ2) is 7.60. The molecule has 1 aliphatic heterocycles. The summed E-state index contributed by atoms with van der Waals surface area (Å²) < 4.78 is 11.4. The van der Waals surface area contributed by atoms with Gasteiger partial charge < -0.3 is 15.4 Å². The van der Waals surface area contributed by atoms with Gasteiger partial charge in [-0.25, -0.2) is 9.42 Å². The van der Waals surface area contributed by atoms with E-state index in [4.69, 9.17) is 10.5 Å². The van der Waals surface area contributed by atoms with Crippen molar-refractivity contribution < 1.29 is 19.1 Å². The van der Waals surface area contributed by atoms with Gasteiger partial charge in [0.1, 0.15) is 12.2 Å². The highest BCUT2D eigenvalue weighted by atomic mass is 16.6. The maximum absolute atomic E-state index is 12.4. The van der Waals surface area contributed by atoms with E-state index in [1.54, 1.807) is 13.8 Å². The zero-order valence-electron chi connectivity index (χ0n) is 14.6. The number of carbonyl (C=O) groups excluding carboxylic acids is 1. The molecule has 1 fully saturated rings. The zero-order chi connectivity index (χ0) is 17.8. The van der Waals surface area contributed by atoms with Crippen LogP contribution in [-0.2, 0) is 11.3 Å². The minimum Gasteiger partial charge on any atom is -0.458 e. The number of quaternary nitrogens is 1. The lowest BCUT2D eigenvalue weighted by molar-refractivity contribution is -0.913. The minimum atomic E-state index is -0.500. The molecule has 1 saturated heterocycles. The number of carbonyl (C=O) groups is 1. The van der Waals surface area contributed by atoms with Crippen LogP contribution in [0.2, 0.25) is 0 Å². The molecule has 10 nitrogen and oxygen atoms in total. The van der Waals surface area contributed by atoms with Crippen molar-refractivity contribution in [2.24, 2.45) is 0 Å². The van der Waals surface area contributed by atoms with Crippen LogP contribution in [-0.4, -0.2) is 50.5 Å². The van der Waals surface area contributed by atoms with E-state index in [0.717, 1.165) is 25.9 Å². The van der Waals surface area contributed by atoms with E-state index in [2.05, 4.69) is 25.3 Å². The number of rotatable bonds is 5. The average molecular weight is 350 g/mol. The van der Waals surface area contributed by atoms with Crippen LogP contribution in [0.25, 0.3) is 5.82 Å². The van der Waals surface area contributed by atoms with Crippen LogP contribution in [0.5, 0.6) is 0 Å². The fourth-order valence-corrected chi connectivity index (χ4v) is 3.04. The summed E-state index contributed by atoms with van der Waals surface area (Å²) in [4.78, 5) is 13.8. The Balaban J connectivity index is 1.94. The topological polar surface area (TPSA) is 126 Å². The summed E-state index contributed by atoms with van der Waals surface area (Å²) in [6.07, 6.45) is 4.56. The molecule has 1 aliphatic rings. The Labute approximate surface area is 145 Å². The highest BCUT2D eigenvalue weighted by molar-refractivity contribution is 5.88. The van der Waals surface area contributed by atoms with E-state index in [0.29, 0.717) is 12.2 Å². The molecule has 0 spiro atoms. The smallest absolute Gasteiger partial charge is 0.361 e. The van der Waals surface area contributed by atoms with Gasteiger partial charge in [-0.3, -0.25) is 0 Å². The number of nitrogens with zero attached hydrogens (tertiary/aromatic N) is 5. The Bertz CT molecular complexity index is 717. The molecule has 0 aliphatic carbocycles. The second-order valence-electron chi connectivity index (χ2n) is 6.56. The third kappa shape index (κ3) is 3.95. The normalized spacial score (nSPS) is 16.1. The lowest BCUT2D eigenvalue weighted by Gasteiger charge is -2.17. The van der Waals surface area contributed by atoms with Crippen molar-refractivity contribution in [2.45, 2.75) is 52.2 Å². The fourth-order valence-electron chi connectivity index (χ4n) is 3.04. The molecule has 0 atom stereocenters. The van der Waals surface area contributed by atoms with Crippen LogP contribution in [0.15, 0.2) is 4.63 Å². The standard InChI is InChI=1S/C15H23N7O3/c1-10(2)24-15(23)12-11(9-21-7-5-3-4-6-8-21)22(20-17-12)14-13(16)18-25-19-14/h10H,3-9H2,1-2H3,(H2,16,18)/p+1.